The van der Waals surface area contributed by atoms with Crippen LogP contribution in [-0.2, 0) is 20.8 Å². The normalized spacial score (nSPS) is 12.5. The summed E-state index contributed by atoms with van der Waals surface area (Å²) >= 11 is 5.66. The number of primary amides is 1. The molecule has 2 atom stereocenters. The fraction of sp³-hybridized carbons (Fsp3) is 0.357. The molecule has 1 rings (SSSR count). The number of carbonyl (C=O) groups is 3. The number of hydrogen-bond acceptors (Lipinski definition) is 5. The first-order chi connectivity index (χ1) is 10.6. The van der Waals surface area contributed by atoms with Gasteiger partial charge < -0.3 is 27.4 Å². The molecule has 8 nitrogen and oxygen atoms in total. The van der Waals surface area contributed by atoms with Crippen molar-refractivity contribution in [3.63, 3.8) is 0 Å². The van der Waals surface area contributed by atoms with Gasteiger partial charge in [0, 0.05) is 11.4 Å². The first-order valence-electron chi connectivity index (χ1n) is 6.63. The molecule has 0 spiro atoms. The number of carboxylic acids is 2. The van der Waals surface area contributed by atoms with Crippen molar-refractivity contribution in [2.75, 3.05) is 0 Å². The van der Waals surface area contributed by atoms with E-state index in [0.29, 0.717) is 11.4 Å². The summed E-state index contributed by atoms with van der Waals surface area (Å²) in [4.78, 5) is 30.6. The minimum absolute atomic E-state index is 0.0213. The quantitative estimate of drug-likeness (QED) is 0.461. The molecular formula is C14H20ClN3O5. The Bertz CT molecular complexity index is 536. The van der Waals surface area contributed by atoms with Crippen molar-refractivity contribution in [2.45, 2.75) is 31.3 Å². The topological polar surface area (TPSA) is 170 Å². The van der Waals surface area contributed by atoms with E-state index in [0.717, 1.165) is 5.56 Å². The van der Waals surface area contributed by atoms with Gasteiger partial charge in [0.15, 0.2) is 0 Å². The van der Waals surface area contributed by atoms with Crippen molar-refractivity contribution in [2.24, 2.45) is 17.2 Å². The van der Waals surface area contributed by atoms with E-state index >= 15 is 0 Å². The summed E-state index contributed by atoms with van der Waals surface area (Å²) in [6.45, 7) is 0. The molecule has 128 valence electrons. The van der Waals surface area contributed by atoms with Crippen molar-refractivity contribution in [1.29, 1.82) is 0 Å². The van der Waals surface area contributed by atoms with Crippen LogP contribution in [0.1, 0.15) is 18.4 Å². The highest BCUT2D eigenvalue weighted by atomic mass is 35.5. The highest BCUT2D eigenvalue weighted by molar-refractivity contribution is 6.30. The highest BCUT2D eigenvalue weighted by Crippen LogP contribution is 2.10. The molecule has 23 heavy (non-hydrogen) atoms. The molecule has 1 aromatic carbocycles. The maximum Gasteiger partial charge on any atom is 0.320 e. The van der Waals surface area contributed by atoms with Crippen molar-refractivity contribution < 1.29 is 24.6 Å². The van der Waals surface area contributed by atoms with Gasteiger partial charge in [0.25, 0.3) is 0 Å². The van der Waals surface area contributed by atoms with Gasteiger partial charge in [-0.25, -0.2) is 0 Å². The lowest BCUT2D eigenvalue weighted by molar-refractivity contribution is -0.139. The summed E-state index contributed by atoms with van der Waals surface area (Å²) in [6.07, 6.45) is 0.449. The number of hydrogen-bond donors (Lipinski definition) is 5. The Balaban J connectivity index is 0.000000438. The largest absolute Gasteiger partial charge is 0.480 e. The van der Waals surface area contributed by atoms with Gasteiger partial charge in [0.2, 0.25) is 5.91 Å². The summed E-state index contributed by atoms with van der Waals surface area (Å²) < 4.78 is 0. The van der Waals surface area contributed by atoms with Gasteiger partial charge in [-0.2, -0.15) is 0 Å². The van der Waals surface area contributed by atoms with Crippen LogP contribution in [0.5, 0.6) is 0 Å². The number of carbonyl (C=O) groups excluding carboxylic acids is 1. The third-order valence-corrected chi connectivity index (χ3v) is 2.96. The third kappa shape index (κ3) is 10.2. The van der Waals surface area contributed by atoms with Crippen molar-refractivity contribution in [3.05, 3.63) is 34.9 Å². The predicted molar refractivity (Wildman–Crippen MR) is 84.8 cm³/mol. The zero-order valence-corrected chi connectivity index (χ0v) is 13.1. The fourth-order valence-corrected chi connectivity index (χ4v) is 1.51. The smallest absolute Gasteiger partial charge is 0.320 e. The Morgan fingerprint density at radius 3 is 1.87 bits per heavy atom. The van der Waals surface area contributed by atoms with E-state index in [-0.39, 0.29) is 12.8 Å². The number of amides is 1. The Morgan fingerprint density at radius 1 is 1.00 bits per heavy atom. The van der Waals surface area contributed by atoms with Gasteiger partial charge >= 0.3 is 11.9 Å². The zero-order chi connectivity index (χ0) is 18.0. The predicted octanol–water partition coefficient (Wildman–Crippen LogP) is -0.0418. The Labute approximate surface area is 138 Å². The number of halogens is 1. The van der Waals surface area contributed by atoms with Crippen LogP contribution >= 0.6 is 11.6 Å². The van der Waals surface area contributed by atoms with E-state index in [2.05, 4.69) is 0 Å². The van der Waals surface area contributed by atoms with Crippen LogP contribution in [-0.4, -0.2) is 40.1 Å². The molecule has 0 aliphatic heterocycles. The molecule has 0 fully saturated rings. The highest BCUT2D eigenvalue weighted by Gasteiger charge is 2.12. The van der Waals surface area contributed by atoms with Gasteiger partial charge in [-0.1, -0.05) is 23.7 Å². The lowest BCUT2D eigenvalue weighted by atomic mass is 10.1. The van der Waals surface area contributed by atoms with E-state index in [1.54, 1.807) is 24.3 Å². The summed E-state index contributed by atoms with van der Waals surface area (Å²) in [5.74, 6) is -2.63. The van der Waals surface area contributed by atoms with E-state index in [1.807, 2.05) is 0 Å². The molecular weight excluding hydrogens is 326 g/mol. The van der Waals surface area contributed by atoms with Crippen LogP contribution in [0.15, 0.2) is 24.3 Å². The van der Waals surface area contributed by atoms with Crippen LogP contribution in [0.2, 0.25) is 5.02 Å². The second kappa shape index (κ2) is 10.5. The first-order valence-corrected chi connectivity index (χ1v) is 7.00. The molecule has 0 aliphatic rings. The number of benzene rings is 1. The second-order valence-corrected chi connectivity index (χ2v) is 5.16. The molecule has 0 aromatic heterocycles. The molecule has 8 N–H and O–H groups in total. The molecule has 0 heterocycles. The molecule has 9 heteroatoms. The Hall–Kier alpha value is -2.16. The third-order valence-electron chi connectivity index (χ3n) is 2.71. The molecule has 1 aromatic rings. The summed E-state index contributed by atoms with van der Waals surface area (Å²) in [6, 6.07) is 5.14. The molecule has 0 bridgehead atoms. The van der Waals surface area contributed by atoms with Gasteiger partial charge in [-0.05, 0) is 30.5 Å². The maximum atomic E-state index is 10.4. The Kier molecular flexibility index (Phi) is 9.56. The van der Waals surface area contributed by atoms with Crippen LogP contribution in [0.4, 0.5) is 0 Å². The van der Waals surface area contributed by atoms with Crippen LogP contribution in [0.3, 0.4) is 0 Å². The standard InChI is InChI=1S/C9H10ClNO2.C5H10N2O3/c10-7-3-1-6(2-4-7)5-8(11)9(12)13;6-3(5(9)10)1-2-4(7)8/h1-4,8H,5,11H2,(H,12,13);3H,1-2,6H2,(H2,7,8)(H,9,10)/t8-;3-/m00/s1. The average Bonchev–Trinajstić information content (AvgIpc) is 2.47. The molecule has 0 saturated carbocycles. The van der Waals surface area contributed by atoms with Crippen LogP contribution in [0, 0.1) is 0 Å². The maximum absolute atomic E-state index is 10.4. The molecule has 0 unspecified atom stereocenters. The van der Waals surface area contributed by atoms with Crippen molar-refractivity contribution >= 4 is 29.4 Å². The summed E-state index contributed by atoms with van der Waals surface area (Å²) in [7, 11) is 0. The first kappa shape index (κ1) is 20.8. The van der Waals surface area contributed by atoms with Crippen molar-refractivity contribution in [3.8, 4) is 0 Å². The minimum Gasteiger partial charge on any atom is -0.480 e. The number of carboxylic acid groups (broad SMARTS) is 2. The molecule has 0 aliphatic carbocycles. The van der Waals surface area contributed by atoms with Gasteiger partial charge in [-0.3, -0.25) is 14.4 Å². The average molecular weight is 346 g/mol. The number of aliphatic carboxylic acids is 2. The van der Waals surface area contributed by atoms with E-state index in [9.17, 15) is 14.4 Å². The van der Waals surface area contributed by atoms with Crippen LogP contribution in [0.25, 0.3) is 0 Å². The second-order valence-electron chi connectivity index (χ2n) is 4.73. The zero-order valence-electron chi connectivity index (χ0n) is 12.3. The summed E-state index contributed by atoms with van der Waals surface area (Å²) in [5.41, 5.74) is 16.0. The fourth-order valence-electron chi connectivity index (χ4n) is 1.38. The minimum atomic E-state index is -1.11. The lowest BCUT2D eigenvalue weighted by Gasteiger charge is -2.05. The number of rotatable bonds is 7. The van der Waals surface area contributed by atoms with Gasteiger partial charge in [-0.15, -0.1) is 0 Å². The number of nitrogens with two attached hydrogens (primary N) is 3. The van der Waals surface area contributed by atoms with Gasteiger partial charge in [0.05, 0.1) is 0 Å². The SMILES string of the molecule is NC(=O)CC[C@H](N)C(=O)O.N[C@@H](Cc1ccc(Cl)cc1)C(=O)O. The molecule has 0 radical (unpaired) electrons. The Morgan fingerprint density at radius 2 is 1.48 bits per heavy atom. The van der Waals surface area contributed by atoms with E-state index in [1.165, 1.54) is 0 Å². The van der Waals surface area contributed by atoms with E-state index < -0.39 is 29.9 Å². The lowest BCUT2D eigenvalue weighted by Crippen LogP contribution is -2.32. The monoisotopic (exact) mass is 345 g/mol. The van der Waals surface area contributed by atoms with E-state index in [4.69, 9.17) is 39.0 Å². The van der Waals surface area contributed by atoms with Gasteiger partial charge in [0.1, 0.15) is 12.1 Å². The molecule has 0 saturated heterocycles. The summed E-state index contributed by atoms with van der Waals surface area (Å²) in [5, 5.41) is 17.4. The van der Waals surface area contributed by atoms with Crippen LogP contribution < -0.4 is 17.2 Å². The molecule has 1 amide bonds. The van der Waals surface area contributed by atoms with Crippen molar-refractivity contribution in [1.82, 2.24) is 0 Å².